The number of thiazole rings is 1. The van der Waals surface area contributed by atoms with Crippen molar-refractivity contribution in [1.82, 2.24) is 10.3 Å². The van der Waals surface area contributed by atoms with Crippen LogP contribution in [0.25, 0.3) is 0 Å². The number of urea groups is 1. The van der Waals surface area contributed by atoms with Crippen LogP contribution in [0.15, 0.2) is 35.2 Å². The van der Waals surface area contributed by atoms with Gasteiger partial charge in [0.2, 0.25) is 0 Å². The molecule has 0 spiro atoms. The minimum Gasteiger partial charge on any atom is -0.337 e. The second-order valence-electron chi connectivity index (χ2n) is 4.52. The fourth-order valence-electron chi connectivity index (χ4n) is 1.71. The van der Waals surface area contributed by atoms with E-state index in [2.05, 4.69) is 15.6 Å². The van der Waals surface area contributed by atoms with Crippen LogP contribution in [-0.2, 0) is 6.42 Å². The van der Waals surface area contributed by atoms with Crippen molar-refractivity contribution in [3.8, 4) is 0 Å². The lowest BCUT2D eigenvalue weighted by atomic mass is 10.1. The first-order chi connectivity index (χ1) is 9.65. The Kier molecular flexibility index (Phi) is 5.09. The number of rotatable bonds is 5. The van der Waals surface area contributed by atoms with Gasteiger partial charge in [-0.05, 0) is 24.6 Å². The topological polar surface area (TPSA) is 80.0 Å². The maximum atomic E-state index is 11.7. The van der Waals surface area contributed by atoms with E-state index in [9.17, 15) is 4.79 Å². The van der Waals surface area contributed by atoms with E-state index in [4.69, 9.17) is 5.73 Å². The quantitative estimate of drug-likeness (QED) is 0.791. The molecular weight excluding hydrogens is 272 g/mol. The second kappa shape index (κ2) is 7.02. The minimum atomic E-state index is -0.214. The zero-order valence-corrected chi connectivity index (χ0v) is 12.1. The average Bonchev–Trinajstić information content (AvgIpc) is 2.92. The van der Waals surface area contributed by atoms with Crippen molar-refractivity contribution in [2.75, 3.05) is 11.9 Å². The fraction of sp³-hybridized carbons (Fsp3) is 0.286. The summed E-state index contributed by atoms with van der Waals surface area (Å²) in [6.07, 6.45) is 0.737. The molecule has 20 heavy (non-hydrogen) atoms. The molecule has 0 aliphatic heterocycles. The van der Waals surface area contributed by atoms with Gasteiger partial charge in [0.15, 0.2) is 0 Å². The van der Waals surface area contributed by atoms with Crippen molar-refractivity contribution < 1.29 is 4.79 Å². The molecule has 0 bridgehead atoms. The molecule has 0 fully saturated rings. The molecule has 4 N–H and O–H groups in total. The van der Waals surface area contributed by atoms with Gasteiger partial charge >= 0.3 is 6.03 Å². The highest BCUT2D eigenvalue weighted by molar-refractivity contribution is 7.07. The molecule has 1 aromatic carbocycles. The van der Waals surface area contributed by atoms with Gasteiger partial charge in [0.25, 0.3) is 0 Å². The fourth-order valence-corrected chi connectivity index (χ4v) is 2.30. The van der Waals surface area contributed by atoms with Crippen LogP contribution in [0.1, 0.15) is 24.2 Å². The molecule has 2 aromatic rings. The largest absolute Gasteiger partial charge is 0.337 e. The molecule has 106 valence electrons. The van der Waals surface area contributed by atoms with Crippen molar-refractivity contribution in [2.24, 2.45) is 5.73 Å². The van der Waals surface area contributed by atoms with Crippen LogP contribution in [0.5, 0.6) is 0 Å². The van der Waals surface area contributed by atoms with Gasteiger partial charge in [-0.2, -0.15) is 0 Å². The molecule has 2 amide bonds. The Balaban J connectivity index is 1.76. The first kappa shape index (κ1) is 14.5. The number of carbonyl (C=O) groups is 1. The second-order valence-corrected chi connectivity index (χ2v) is 5.24. The van der Waals surface area contributed by atoms with Gasteiger partial charge in [-0.15, -0.1) is 11.3 Å². The van der Waals surface area contributed by atoms with Crippen LogP contribution in [0.4, 0.5) is 10.5 Å². The number of aromatic nitrogens is 1. The van der Waals surface area contributed by atoms with E-state index < -0.39 is 0 Å². The van der Waals surface area contributed by atoms with Crippen LogP contribution in [0.3, 0.4) is 0 Å². The number of hydrogen-bond acceptors (Lipinski definition) is 4. The highest BCUT2D eigenvalue weighted by Crippen LogP contribution is 2.13. The summed E-state index contributed by atoms with van der Waals surface area (Å²) >= 11 is 1.55. The molecule has 0 aliphatic rings. The van der Waals surface area contributed by atoms with Gasteiger partial charge in [0, 0.05) is 30.1 Å². The van der Waals surface area contributed by atoms with Gasteiger partial charge in [-0.1, -0.05) is 12.1 Å². The third-order valence-electron chi connectivity index (χ3n) is 2.84. The Morgan fingerprint density at radius 1 is 1.40 bits per heavy atom. The standard InChI is InChI=1S/C14H18N4OS/c1-10(15)11-2-4-12(5-3-11)18-14(19)16-7-6-13-8-20-9-17-13/h2-5,8-10H,6-7,15H2,1H3,(H2,16,18,19). The minimum absolute atomic E-state index is 0.00372. The predicted molar refractivity (Wildman–Crippen MR) is 81.9 cm³/mol. The number of hydrogen-bond donors (Lipinski definition) is 3. The Hall–Kier alpha value is -1.92. The molecule has 0 saturated heterocycles. The Morgan fingerprint density at radius 3 is 2.75 bits per heavy atom. The molecule has 1 aromatic heterocycles. The van der Waals surface area contributed by atoms with Gasteiger partial charge in [-0.3, -0.25) is 0 Å². The van der Waals surface area contributed by atoms with E-state index in [1.165, 1.54) is 0 Å². The first-order valence-electron chi connectivity index (χ1n) is 6.42. The van der Waals surface area contributed by atoms with E-state index in [0.29, 0.717) is 6.54 Å². The Morgan fingerprint density at radius 2 is 2.15 bits per heavy atom. The Bertz CT molecular complexity index is 537. The van der Waals surface area contributed by atoms with Crippen LogP contribution < -0.4 is 16.4 Å². The smallest absolute Gasteiger partial charge is 0.319 e. The van der Waals surface area contributed by atoms with E-state index in [-0.39, 0.29) is 12.1 Å². The number of nitrogens with zero attached hydrogens (tertiary/aromatic N) is 1. The summed E-state index contributed by atoms with van der Waals surface area (Å²) in [6, 6.07) is 7.30. The van der Waals surface area contributed by atoms with E-state index >= 15 is 0 Å². The van der Waals surface area contributed by atoms with Gasteiger partial charge in [0.1, 0.15) is 0 Å². The third kappa shape index (κ3) is 4.32. The van der Waals surface area contributed by atoms with Crippen LogP contribution in [-0.4, -0.2) is 17.6 Å². The summed E-state index contributed by atoms with van der Waals surface area (Å²) < 4.78 is 0. The molecule has 1 unspecified atom stereocenters. The summed E-state index contributed by atoms with van der Waals surface area (Å²) in [6.45, 7) is 2.49. The van der Waals surface area contributed by atoms with Crippen LogP contribution >= 0.6 is 11.3 Å². The van der Waals surface area contributed by atoms with Crippen molar-refractivity contribution in [2.45, 2.75) is 19.4 Å². The number of nitrogens with two attached hydrogens (primary N) is 1. The summed E-state index contributed by atoms with van der Waals surface area (Å²) in [5, 5.41) is 7.55. The zero-order chi connectivity index (χ0) is 14.4. The molecule has 5 nitrogen and oxygen atoms in total. The summed E-state index contributed by atoms with van der Waals surface area (Å²) in [7, 11) is 0. The molecular formula is C14H18N4OS. The molecule has 1 heterocycles. The highest BCUT2D eigenvalue weighted by Gasteiger charge is 2.03. The number of benzene rings is 1. The van der Waals surface area contributed by atoms with Crippen molar-refractivity contribution >= 4 is 23.1 Å². The van der Waals surface area contributed by atoms with E-state index in [0.717, 1.165) is 23.4 Å². The summed E-state index contributed by atoms with van der Waals surface area (Å²) in [5.41, 5.74) is 10.3. The lowest BCUT2D eigenvalue weighted by Crippen LogP contribution is -2.30. The van der Waals surface area contributed by atoms with E-state index in [1.807, 2.05) is 36.6 Å². The number of nitrogens with one attached hydrogen (secondary N) is 2. The van der Waals surface area contributed by atoms with E-state index in [1.54, 1.807) is 16.8 Å². The third-order valence-corrected chi connectivity index (χ3v) is 3.48. The predicted octanol–water partition coefficient (Wildman–Crippen LogP) is 2.53. The molecule has 2 rings (SSSR count). The van der Waals surface area contributed by atoms with Crippen LogP contribution in [0.2, 0.25) is 0 Å². The molecule has 0 radical (unpaired) electrons. The maximum Gasteiger partial charge on any atom is 0.319 e. The maximum absolute atomic E-state index is 11.7. The number of carbonyl (C=O) groups excluding carboxylic acids is 1. The summed E-state index contributed by atoms with van der Waals surface area (Å²) in [5.74, 6) is 0. The molecule has 6 heteroatoms. The lowest BCUT2D eigenvalue weighted by Gasteiger charge is -2.09. The molecule has 0 aliphatic carbocycles. The molecule has 1 atom stereocenters. The van der Waals surface area contributed by atoms with Gasteiger partial charge in [0.05, 0.1) is 11.2 Å². The number of amides is 2. The molecule has 0 saturated carbocycles. The van der Waals surface area contributed by atoms with Crippen LogP contribution in [0, 0.1) is 0 Å². The van der Waals surface area contributed by atoms with Gasteiger partial charge in [-0.25, -0.2) is 9.78 Å². The Labute approximate surface area is 122 Å². The number of anilines is 1. The monoisotopic (exact) mass is 290 g/mol. The first-order valence-corrected chi connectivity index (χ1v) is 7.37. The van der Waals surface area contributed by atoms with Gasteiger partial charge < -0.3 is 16.4 Å². The lowest BCUT2D eigenvalue weighted by molar-refractivity contribution is 0.252. The normalized spacial score (nSPS) is 11.9. The van der Waals surface area contributed by atoms with Crippen molar-refractivity contribution in [3.63, 3.8) is 0 Å². The SMILES string of the molecule is CC(N)c1ccc(NC(=O)NCCc2cscn2)cc1. The average molecular weight is 290 g/mol. The highest BCUT2D eigenvalue weighted by atomic mass is 32.1. The summed E-state index contributed by atoms with van der Waals surface area (Å²) in [4.78, 5) is 15.9. The van der Waals surface area contributed by atoms with Crippen molar-refractivity contribution in [1.29, 1.82) is 0 Å². The zero-order valence-electron chi connectivity index (χ0n) is 11.3. The van der Waals surface area contributed by atoms with Crippen molar-refractivity contribution in [3.05, 3.63) is 46.4 Å².